The van der Waals surface area contributed by atoms with Crippen molar-refractivity contribution in [3.63, 3.8) is 0 Å². The monoisotopic (exact) mass is 437 g/mol. The molecule has 0 saturated carbocycles. The Bertz CT molecular complexity index is 1170. The minimum absolute atomic E-state index is 0.328. The van der Waals surface area contributed by atoms with Gasteiger partial charge in [0.05, 0.1) is 0 Å². The lowest BCUT2D eigenvalue weighted by molar-refractivity contribution is 0.146. The number of aromatic nitrogens is 1. The molecular formula is C30H35N3. The highest BCUT2D eigenvalue weighted by Gasteiger charge is 2.30. The first-order valence-corrected chi connectivity index (χ1v) is 12.3. The normalized spacial score (nSPS) is 20.2. The summed E-state index contributed by atoms with van der Waals surface area (Å²) < 4.78 is 2.25. The van der Waals surface area contributed by atoms with Crippen molar-refractivity contribution in [2.24, 2.45) is 13.0 Å². The van der Waals surface area contributed by atoms with E-state index in [4.69, 9.17) is 0 Å². The van der Waals surface area contributed by atoms with E-state index in [-0.39, 0.29) is 0 Å². The molecule has 0 radical (unpaired) electrons. The van der Waals surface area contributed by atoms with E-state index in [9.17, 15) is 0 Å². The Morgan fingerprint density at radius 2 is 1.70 bits per heavy atom. The largest absolute Gasteiger partial charge is 0.353 e. The Morgan fingerprint density at radius 3 is 2.52 bits per heavy atom. The third-order valence-corrected chi connectivity index (χ3v) is 7.48. The van der Waals surface area contributed by atoms with Crippen LogP contribution >= 0.6 is 0 Å². The van der Waals surface area contributed by atoms with Gasteiger partial charge in [0.1, 0.15) is 0 Å². The molecule has 1 saturated heterocycles. The number of aryl methyl sites for hydroxylation is 1. The third-order valence-electron chi connectivity index (χ3n) is 7.48. The van der Waals surface area contributed by atoms with Crippen molar-refractivity contribution >= 4 is 10.8 Å². The second-order valence-corrected chi connectivity index (χ2v) is 9.61. The molecular weight excluding hydrogens is 402 g/mol. The van der Waals surface area contributed by atoms with Crippen LogP contribution < -0.4 is 5.32 Å². The molecule has 1 aromatic heterocycles. The van der Waals surface area contributed by atoms with E-state index in [1.807, 2.05) is 0 Å². The topological polar surface area (TPSA) is 20.2 Å². The number of nitrogens with zero attached hydrogens (tertiary/aromatic N) is 2. The molecule has 0 amide bonds. The molecule has 1 aliphatic heterocycles. The molecule has 4 aromatic rings. The lowest BCUT2D eigenvalue weighted by Crippen LogP contribution is -2.42. The maximum Gasteiger partial charge on any atom is 0.0387 e. The van der Waals surface area contributed by atoms with Crippen LogP contribution in [0.3, 0.4) is 0 Å². The maximum absolute atomic E-state index is 3.91. The molecule has 1 fully saturated rings. The fraction of sp³-hybridized carbons (Fsp3) is 0.333. The van der Waals surface area contributed by atoms with Crippen molar-refractivity contribution in [1.82, 2.24) is 14.8 Å². The number of nitrogens with one attached hydrogen (secondary N) is 1. The van der Waals surface area contributed by atoms with E-state index >= 15 is 0 Å². The average molecular weight is 438 g/mol. The fourth-order valence-electron chi connectivity index (χ4n) is 5.49. The Hall–Kier alpha value is -2.88. The van der Waals surface area contributed by atoms with Crippen molar-refractivity contribution in [2.45, 2.75) is 31.8 Å². The van der Waals surface area contributed by atoms with Gasteiger partial charge in [-0.15, -0.1) is 0 Å². The number of piperidine rings is 1. The van der Waals surface area contributed by atoms with Gasteiger partial charge in [0, 0.05) is 44.0 Å². The molecule has 33 heavy (non-hydrogen) atoms. The van der Waals surface area contributed by atoms with Gasteiger partial charge in [-0.05, 0) is 66.4 Å². The lowest BCUT2D eigenvalue weighted by atomic mass is 9.80. The Labute approximate surface area is 198 Å². The van der Waals surface area contributed by atoms with Crippen molar-refractivity contribution in [2.75, 3.05) is 19.6 Å². The standard InChI is InChI=1S/C30H35N3/c1-23(28-16-8-13-24-12-6-7-15-29(24)28)31-20-26-17-19-33(21-27-14-9-18-32(27)2)22-30(26)25-10-4-3-5-11-25/h3-16,18,23,26,30-31H,17,19-22H2,1-2H3/t23-,26?,30?/m1/s1. The van der Waals surface area contributed by atoms with Crippen LogP contribution in [0.1, 0.15) is 42.1 Å². The summed E-state index contributed by atoms with van der Waals surface area (Å²) in [4.78, 5) is 2.64. The molecule has 2 unspecified atom stereocenters. The number of benzene rings is 3. The molecule has 5 rings (SSSR count). The van der Waals surface area contributed by atoms with Crippen molar-refractivity contribution < 1.29 is 0 Å². The zero-order valence-corrected chi connectivity index (χ0v) is 19.8. The molecule has 3 heteroatoms. The summed E-state index contributed by atoms with van der Waals surface area (Å²) in [5, 5.41) is 6.58. The molecule has 0 aliphatic carbocycles. The summed E-state index contributed by atoms with van der Waals surface area (Å²) in [6.07, 6.45) is 3.37. The molecule has 0 bridgehead atoms. The minimum Gasteiger partial charge on any atom is -0.353 e. The summed E-state index contributed by atoms with van der Waals surface area (Å²) >= 11 is 0. The summed E-state index contributed by atoms with van der Waals surface area (Å²) in [6.45, 7) is 6.65. The van der Waals surface area contributed by atoms with Crippen LogP contribution in [-0.2, 0) is 13.6 Å². The number of rotatable bonds is 7. The van der Waals surface area contributed by atoms with E-state index in [0.717, 1.165) is 26.2 Å². The van der Waals surface area contributed by atoms with Crippen LogP contribution in [0.15, 0.2) is 91.1 Å². The number of hydrogen-bond donors (Lipinski definition) is 1. The second-order valence-electron chi connectivity index (χ2n) is 9.61. The van der Waals surface area contributed by atoms with Crippen LogP contribution in [0.4, 0.5) is 0 Å². The quantitative estimate of drug-likeness (QED) is 0.375. The van der Waals surface area contributed by atoms with Gasteiger partial charge in [0.25, 0.3) is 0 Å². The first kappa shape index (κ1) is 21.9. The average Bonchev–Trinajstić information content (AvgIpc) is 3.27. The van der Waals surface area contributed by atoms with Crippen LogP contribution in [0.2, 0.25) is 0 Å². The summed E-state index contributed by atoms with van der Waals surface area (Å²) in [7, 11) is 2.15. The van der Waals surface area contributed by atoms with E-state index in [1.54, 1.807) is 0 Å². The fourth-order valence-corrected chi connectivity index (χ4v) is 5.49. The van der Waals surface area contributed by atoms with Crippen molar-refractivity contribution in [1.29, 1.82) is 0 Å². The summed E-state index contributed by atoms with van der Waals surface area (Å²) in [5.74, 6) is 1.18. The molecule has 3 aromatic carbocycles. The van der Waals surface area contributed by atoms with Gasteiger partial charge in [0.2, 0.25) is 0 Å². The molecule has 0 spiro atoms. The molecule has 3 nitrogen and oxygen atoms in total. The maximum atomic E-state index is 3.91. The van der Waals surface area contributed by atoms with Crippen molar-refractivity contribution in [3.05, 3.63) is 108 Å². The SMILES string of the molecule is C[C@@H](NCC1CCN(Cc2cccn2C)CC1c1ccccc1)c1cccc2ccccc12. The van der Waals surface area contributed by atoms with Crippen molar-refractivity contribution in [3.8, 4) is 0 Å². The summed E-state index contributed by atoms with van der Waals surface area (Å²) in [5.41, 5.74) is 4.26. The van der Waals surface area contributed by atoms with E-state index < -0.39 is 0 Å². The predicted octanol–water partition coefficient (Wildman–Crippen LogP) is 6.13. The molecule has 2 heterocycles. The smallest absolute Gasteiger partial charge is 0.0387 e. The van der Waals surface area contributed by atoms with E-state index in [0.29, 0.717) is 17.9 Å². The minimum atomic E-state index is 0.328. The number of fused-ring (bicyclic) bond motifs is 1. The van der Waals surface area contributed by atoms with Gasteiger partial charge in [-0.3, -0.25) is 4.90 Å². The number of hydrogen-bond acceptors (Lipinski definition) is 2. The second kappa shape index (κ2) is 9.94. The zero-order valence-electron chi connectivity index (χ0n) is 19.8. The van der Waals surface area contributed by atoms with Crippen LogP contribution in [0, 0.1) is 5.92 Å². The highest BCUT2D eigenvalue weighted by Crippen LogP contribution is 2.33. The Morgan fingerprint density at radius 1 is 0.909 bits per heavy atom. The van der Waals surface area contributed by atoms with Crippen LogP contribution in [0.25, 0.3) is 10.8 Å². The highest BCUT2D eigenvalue weighted by atomic mass is 15.2. The van der Waals surface area contributed by atoms with Crippen LogP contribution in [-0.4, -0.2) is 29.1 Å². The van der Waals surface area contributed by atoms with E-state index in [2.05, 4.69) is 120 Å². The van der Waals surface area contributed by atoms with Gasteiger partial charge in [-0.25, -0.2) is 0 Å². The first-order chi connectivity index (χ1) is 16.2. The summed E-state index contributed by atoms with van der Waals surface area (Å²) in [6, 6.07) is 31.3. The highest BCUT2D eigenvalue weighted by molar-refractivity contribution is 5.86. The number of likely N-dealkylation sites (tertiary alicyclic amines) is 1. The molecule has 1 N–H and O–H groups in total. The van der Waals surface area contributed by atoms with Gasteiger partial charge in [0.15, 0.2) is 0 Å². The van der Waals surface area contributed by atoms with Gasteiger partial charge in [-0.2, -0.15) is 0 Å². The lowest BCUT2D eigenvalue weighted by Gasteiger charge is -2.39. The first-order valence-electron chi connectivity index (χ1n) is 12.3. The van der Waals surface area contributed by atoms with Gasteiger partial charge in [-0.1, -0.05) is 72.8 Å². The molecule has 3 atom stereocenters. The Balaban J connectivity index is 1.30. The molecule has 170 valence electrons. The predicted molar refractivity (Wildman–Crippen MR) is 138 cm³/mol. The Kier molecular flexibility index (Phi) is 6.61. The van der Waals surface area contributed by atoms with Gasteiger partial charge < -0.3 is 9.88 Å². The third kappa shape index (κ3) is 4.90. The molecule has 1 aliphatic rings. The van der Waals surface area contributed by atoms with Crippen LogP contribution in [0.5, 0.6) is 0 Å². The van der Waals surface area contributed by atoms with Gasteiger partial charge >= 0.3 is 0 Å². The zero-order chi connectivity index (χ0) is 22.6. The van der Waals surface area contributed by atoms with E-state index in [1.165, 1.54) is 34.0 Å².